The summed E-state index contributed by atoms with van der Waals surface area (Å²) in [6.07, 6.45) is 16.4. The Bertz CT molecular complexity index is 1850. The van der Waals surface area contributed by atoms with Crippen molar-refractivity contribution in [1.82, 2.24) is 15.1 Å². The molecule has 4 N–H and O–H groups in total. The van der Waals surface area contributed by atoms with Crippen molar-refractivity contribution < 1.29 is 9.59 Å². The van der Waals surface area contributed by atoms with Crippen LogP contribution in [0.4, 0.5) is 11.4 Å². The average Bonchev–Trinajstić information content (AvgIpc) is 3.49. The number of nitrogen functional groups attached to an aromatic ring is 1. The molecule has 0 atom stereocenters. The van der Waals surface area contributed by atoms with Crippen LogP contribution in [-0.2, 0) is 28.9 Å². The number of anilines is 2. The lowest BCUT2D eigenvalue weighted by molar-refractivity contribution is -0.108. The molecule has 3 aliphatic rings. The zero-order valence-corrected chi connectivity index (χ0v) is 48.5. The van der Waals surface area contributed by atoms with Gasteiger partial charge in [0.15, 0.2) is 0 Å². The molecule has 0 radical (unpaired) electrons. The lowest BCUT2D eigenvalue weighted by Gasteiger charge is -2.32. The first kappa shape index (κ1) is 70.7. The predicted molar refractivity (Wildman–Crippen MR) is 328 cm³/mol. The fourth-order valence-electron chi connectivity index (χ4n) is 8.54. The van der Waals surface area contributed by atoms with Gasteiger partial charge in [-0.3, -0.25) is 4.79 Å². The third kappa shape index (κ3) is 38.3. The molecule has 5 aromatic rings. The summed E-state index contributed by atoms with van der Waals surface area (Å²) < 4.78 is 0. The summed E-state index contributed by atoms with van der Waals surface area (Å²) >= 11 is 0. The number of allylic oxidation sites excluding steroid dienone is 1. The number of nitrogens with one attached hydrogen (secondary N) is 2. The van der Waals surface area contributed by atoms with Gasteiger partial charge in [-0.2, -0.15) is 0 Å². The number of para-hydroxylation sites is 2. The maximum Gasteiger partial charge on any atom is 0.142 e. The van der Waals surface area contributed by atoms with Gasteiger partial charge in [-0.15, -0.1) is 0 Å². The highest BCUT2D eigenvalue weighted by molar-refractivity contribution is 5.63. The quantitative estimate of drug-likeness (QED) is 0.0416. The molecule has 0 spiro atoms. The fraction of sp³-hybridized carbons (Fsp3) is 0.493. The van der Waals surface area contributed by atoms with Crippen molar-refractivity contribution in [2.24, 2.45) is 17.8 Å². The van der Waals surface area contributed by atoms with Crippen LogP contribution in [0.25, 0.3) is 0 Å². The van der Waals surface area contributed by atoms with E-state index in [0.29, 0.717) is 12.7 Å². The third-order valence-electron chi connectivity index (χ3n) is 12.2. The summed E-state index contributed by atoms with van der Waals surface area (Å²) in [5, 5.41) is 6.90. The SMILES string of the molecule is C=CC=O.CC.CC.CC.CC.CC.Nc1ccccc1.O=CCCN1CCC(Cc2ccccc2)CC1.c1ccc(CC2CCN(CCCNc3ccccc3)CC2)cc1.c1ccc(CC2CCNCC2)cc1. The normalized spacial score (nSPS) is 14.0. The van der Waals surface area contributed by atoms with Crippen molar-refractivity contribution >= 4 is 23.9 Å². The monoisotopic (exact) mass is 1010 g/mol. The molecular formula is C67H107N5O2. The van der Waals surface area contributed by atoms with Crippen LogP contribution in [0.3, 0.4) is 0 Å². The first-order valence-electron chi connectivity index (χ1n) is 28.9. The number of hydrogen-bond donors (Lipinski definition) is 3. The number of hydrogen-bond acceptors (Lipinski definition) is 7. The maximum atomic E-state index is 10.3. The van der Waals surface area contributed by atoms with E-state index in [1.807, 2.05) is 99.6 Å². The van der Waals surface area contributed by atoms with E-state index in [1.54, 1.807) is 0 Å². The van der Waals surface area contributed by atoms with Crippen molar-refractivity contribution in [2.75, 3.05) is 70.0 Å². The zero-order chi connectivity index (χ0) is 55.1. The van der Waals surface area contributed by atoms with Gasteiger partial charge in [0.2, 0.25) is 0 Å². The Morgan fingerprint density at radius 1 is 0.500 bits per heavy atom. The fourth-order valence-corrected chi connectivity index (χ4v) is 8.54. The second kappa shape index (κ2) is 53.9. The third-order valence-corrected chi connectivity index (χ3v) is 12.2. The number of nitrogens with zero attached hydrogens (tertiary/aromatic N) is 2. The summed E-state index contributed by atoms with van der Waals surface area (Å²) in [5.74, 6) is 2.60. The van der Waals surface area contributed by atoms with Crippen molar-refractivity contribution in [3.8, 4) is 0 Å². The maximum absolute atomic E-state index is 10.3. The van der Waals surface area contributed by atoms with E-state index in [4.69, 9.17) is 10.5 Å². The van der Waals surface area contributed by atoms with Gasteiger partial charge >= 0.3 is 0 Å². The van der Waals surface area contributed by atoms with E-state index >= 15 is 0 Å². The summed E-state index contributed by atoms with van der Waals surface area (Å²) in [4.78, 5) is 24.4. The first-order chi connectivity index (χ1) is 36.5. The summed E-state index contributed by atoms with van der Waals surface area (Å²) in [5.41, 5.74) is 11.9. The van der Waals surface area contributed by atoms with Gasteiger partial charge in [0.1, 0.15) is 12.6 Å². The molecule has 3 aliphatic heterocycles. The molecule has 3 heterocycles. The highest BCUT2D eigenvalue weighted by Crippen LogP contribution is 2.23. The minimum Gasteiger partial charge on any atom is -0.399 e. The number of carbonyl (C=O) groups excluding carboxylic acids is 2. The Morgan fingerprint density at radius 3 is 1.15 bits per heavy atom. The molecule has 0 bridgehead atoms. The van der Waals surface area contributed by atoms with Gasteiger partial charge in [0.05, 0.1) is 0 Å². The van der Waals surface area contributed by atoms with E-state index < -0.39 is 0 Å². The second-order valence-corrected chi connectivity index (χ2v) is 17.2. The minimum absolute atomic E-state index is 0.639. The molecule has 412 valence electrons. The van der Waals surface area contributed by atoms with Crippen LogP contribution in [0, 0.1) is 17.8 Å². The number of rotatable bonds is 15. The van der Waals surface area contributed by atoms with E-state index in [-0.39, 0.29) is 0 Å². The molecule has 7 nitrogen and oxygen atoms in total. The van der Waals surface area contributed by atoms with Crippen molar-refractivity contribution in [3.63, 3.8) is 0 Å². The van der Waals surface area contributed by atoms with E-state index in [1.165, 1.54) is 125 Å². The number of aldehydes is 2. The van der Waals surface area contributed by atoms with Gasteiger partial charge in [0.25, 0.3) is 0 Å². The molecule has 3 fully saturated rings. The molecule has 5 aromatic carbocycles. The molecular weight excluding hydrogens is 907 g/mol. The van der Waals surface area contributed by atoms with Crippen LogP contribution >= 0.6 is 0 Å². The molecule has 0 aliphatic carbocycles. The summed E-state index contributed by atoms with van der Waals surface area (Å²) in [7, 11) is 0. The summed E-state index contributed by atoms with van der Waals surface area (Å²) in [6.45, 7) is 33.6. The molecule has 0 aromatic heterocycles. The Hall–Kier alpha value is -5.34. The van der Waals surface area contributed by atoms with Gasteiger partial charge in [-0.05, 0) is 175 Å². The zero-order valence-electron chi connectivity index (χ0n) is 48.5. The highest BCUT2D eigenvalue weighted by Gasteiger charge is 2.20. The van der Waals surface area contributed by atoms with Crippen LogP contribution in [0.1, 0.15) is 137 Å². The average molecular weight is 1010 g/mol. The Morgan fingerprint density at radius 2 is 0.824 bits per heavy atom. The van der Waals surface area contributed by atoms with Crippen molar-refractivity contribution in [1.29, 1.82) is 0 Å². The smallest absolute Gasteiger partial charge is 0.142 e. The lowest BCUT2D eigenvalue weighted by Crippen LogP contribution is -2.35. The number of carbonyl (C=O) groups is 2. The molecule has 7 heteroatoms. The van der Waals surface area contributed by atoms with Crippen LogP contribution in [0.2, 0.25) is 0 Å². The Labute approximate surface area is 455 Å². The highest BCUT2D eigenvalue weighted by atomic mass is 16.1. The Balaban J connectivity index is 0. The number of likely N-dealkylation sites (tertiary alicyclic amines) is 2. The van der Waals surface area contributed by atoms with Crippen LogP contribution in [-0.4, -0.2) is 81.3 Å². The summed E-state index contributed by atoms with van der Waals surface area (Å²) in [6, 6.07) is 52.5. The lowest BCUT2D eigenvalue weighted by atomic mass is 9.90. The number of piperidine rings is 3. The van der Waals surface area contributed by atoms with Crippen molar-refractivity contribution in [2.45, 2.75) is 140 Å². The molecule has 74 heavy (non-hydrogen) atoms. The van der Waals surface area contributed by atoms with E-state index in [0.717, 1.165) is 55.9 Å². The first-order valence-corrected chi connectivity index (χ1v) is 28.9. The van der Waals surface area contributed by atoms with Gasteiger partial charge in [-0.25, -0.2) is 0 Å². The van der Waals surface area contributed by atoms with Gasteiger partial charge in [0, 0.05) is 30.9 Å². The molecule has 0 saturated carbocycles. The second-order valence-electron chi connectivity index (χ2n) is 17.2. The molecule has 0 unspecified atom stereocenters. The molecule has 3 saturated heterocycles. The predicted octanol–water partition coefficient (Wildman–Crippen LogP) is 16.0. The van der Waals surface area contributed by atoms with E-state index in [2.05, 4.69) is 148 Å². The molecule has 0 amide bonds. The minimum atomic E-state index is 0.639. The van der Waals surface area contributed by atoms with Crippen LogP contribution in [0.15, 0.2) is 164 Å². The number of benzene rings is 5. The standard InChI is InChI=1S/C21H28N2.C15H21NO.C12H17N.C6H7N.C3H4O.5C2H6/c1-3-8-19(9-4-1)18-20-12-16-23(17-13-20)15-7-14-22-21-10-5-2-6-11-21;17-12-4-9-16-10-7-15(8-11-16)13-14-5-2-1-3-6-14;1-2-4-11(5-3-1)10-12-6-8-13-9-7-12;7-6-4-2-1-3-5-6;1-2-3-4;5*1-2/h1-6,8-11,20,22H,7,12-18H2;1-3,5-6,12,15H,4,7-11,13H2;1-5,12-13H,6-10H2;1-5H,7H2;2-3H,1H2;5*1-2H3. The Kier molecular flexibility index (Phi) is 51.6. The van der Waals surface area contributed by atoms with Gasteiger partial charge < -0.3 is 31.0 Å². The van der Waals surface area contributed by atoms with Gasteiger partial charge in [-0.1, -0.05) is 203 Å². The molecule has 8 rings (SSSR count). The topological polar surface area (TPSA) is 90.7 Å². The van der Waals surface area contributed by atoms with Crippen LogP contribution < -0.4 is 16.4 Å². The van der Waals surface area contributed by atoms with Crippen LogP contribution in [0.5, 0.6) is 0 Å². The number of nitrogens with two attached hydrogens (primary N) is 1. The van der Waals surface area contributed by atoms with E-state index in [9.17, 15) is 4.79 Å². The largest absolute Gasteiger partial charge is 0.399 e. The van der Waals surface area contributed by atoms with Crippen molar-refractivity contribution in [3.05, 3.63) is 181 Å².